The summed E-state index contributed by atoms with van der Waals surface area (Å²) < 4.78 is 14.6. The van der Waals surface area contributed by atoms with Crippen molar-refractivity contribution in [2.75, 3.05) is 24.4 Å². The molecule has 1 atom stereocenters. The Bertz CT molecular complexity index is 1940. The maximum absolute atomic E-state index is 13.0. The summed E-state index contributed by atoms with van der Waals surface area (Å²) in [5.74, 6) is 1.46. The molecule has 0 unspecified atom stereocenters. The summed E-state index contributed by atoms with van der Waals surface area (Å²) >= 11 is 0. The van der Waals surface area contributed by atoms with E-state index in [9.17, 15) is 9.90 Å². The molecular formula is C31H31N9O4. The minimum absolute atomic E-state index is 0.0369. The molecule has 44 heavy (non-hydrogen) atoms. The van der Waals surface area contributed by atoms with E-state index in [4.69, 9.17) is 14.1 Å². The molecule has 0 fully saturated rings. The number of anilines is 3. The molecule has 0 radical (unpaired) electrons. The van der Waals surface area contributed by atoms with Gasteiger partial charge in [0.1, 0.15) is 24.1 Å². The number of rotatable bonds is 11. The van der Waals surface area contributed by atoms with Crippen molar-refractivity contribution >= 4 is 28.4 Å². The van der Waals surface area contributed by atoms with Crippen LogP contribution in [0.2, 0.25) is 0 Å². The first kappa shape index (κ1) is 28.7. The molecule has 6 aromatic rings. The van der Waals surface area contributed by atoms with Crippen LogP contribution < -0.4 is 16.2 Å². The number of hydrogen-bond donors (Lipinski definition) is 3. The summed E-state index contributed by atoms with van der Waals surface area (Å²) in [4.78, 5) is 26.6. The van der Waals surface area contributed by atoms with Gasteiger partial charge in [0.15, 0.2) is 5.65 Å². The van der Waals surface area contributed by atoms with Crippen molar-refractivity contribution in [3.8, 4) is 23.0 Å². The van der Waals surface area contributed by atoms with Gasteiger partial charge in [-0.2, -0.15) is 0 Å². The Hall–Kier alpha value is -5.40. The maximum Gasteiger partial charge on any atom is 0.278 e. The van der Waals surface area contributed by atoms with Gasteiger partial charge < -0.3 is 24.9 Å². The summed E-state index contributed by atoms with van der Waals surface area (Å²) in [5.41, 5.74) is 2.92. The molecule has 224 valence electrons. The van der Waals surface area contributed by atoms with Crippen LogP contribution in [0.3, 0.4) is 0 Å². The Balaban J connectivity index is 1.39. The Morgan fingerprint density at radius 1 is 0.977 bits per heavy atom. The molecule has 1 aromatic carbocycles. The third-order valence-electron chi connectivity index (χ3n) is 6.97. The molecule has 13 heteroatoms. The Kier molecular flexibility index (Phi) is 8.12. The van der Waals surface area contributed by atoms with Gasteiger partial charge in [-0.3, -0.25) is 14.5 Å². The largest absolute Gasteiger partial charge is 0.414 e. The number of hydrogen-bond acceptors (Lipinski definition) is 11. The lowest BCUT2D eigenvalue weighted by Gasteiger charge is -2.20. The molecule has 0 aliphatic carbocycles. The number of nitrogens with one attached hydrogen (secondary N) is 2. The van der Waals surface area contributed by atoms with E-state index >= 15 is 0 Å². The Labute approximate surface area is 252 Å². The number of methoxy groups -OCH3 is 1. The first-order valence-electron chi connectivity index (χ1n) is 14.0. The molecule has 5 aromatic heterocycles. The molecule has 0 aliphatic heterocycles. The predicted molar refractivity (Wildman–Crippen MR) is 165 cm³/mol. The highest BCUT2D eigenvalue weighted by molar-refractivity contribution is 5.79. The first-order valence-corrected chi connectivity index (χ1v) is 14.0. The van der Waals surface area contributed by atoms with Crippen LogP contribution in [0, 0.1) is 0 Å². The second-order valence-corrected chi connectivity index (χ2v) is 10.3. The monoisotopic (exact) mass is 593 g/mol. The average molecular weight is 594 g/mol. The molecular weight excluding hydrogens is 562 g/mol. The van der Waals surface area contributed by atoms with Crippen LogP contribution >= 0.6 is 0 Å². The van der Waals surface area contributed by atoms with E-state index in [1.165, 1.54) is 4.68 Å². The van der Waals surface area contributed by atoms with Crippen LogP contribution in [-0.2, 0) is 11.5 Å². The van der Waals surface area contributed by atoms with E-state index in [1.54, 1.807) is 49.8 Å². The molecule has 5 heterocycles. The van der Waals surface area contributed by atoms with Crippen molar-refractivity contribution in [3.05, 3.63) is 95.0 Å². The number of fused-ring (bicyclic) bond motifs is 1. The minimum atomic E-state index is -0.432. The van der Waals surface area contributed by atoms with Gasteiger partial charge in [0, 0.05) is 31.6 Å². The average Bonchev–Trinajstić information content (AvgIpc) is 3.64. The smallest absolute Gasteiger partial charge is 0.278 e. The molecule has 0 amide bonds. The second-order valence-electron chi connectivity index (χ2n) is 10.3. The zero-order valence-electron chi connectivity index (χ0n) is 24.4. The standard InChI is InChI=1S/C31H31N9O4/c1-19(2)40-28-21(31(42)39(40)18-43-3)12-13-26(36-28)35-27-15-24(34-25(17-41)20-9-5-4-6-10-20)22(16-33-27)29-37-38-30(44-29)23-11-7-8-14-32-23/h4-16,19,25,41H,17-18H2,1-3H3,(H2,33,34,35,36)/t25-/m1/s1. The molecule has 6 rings (SSSR count). The zero-order chi connectivity index (χ0) is 30.6. The van der Waals surface area contributed by atoms with Gasteiger partial charge in [-0.15, -0.1) is 10.2 Å². The van der Waals surface area contributed by atoms with E-state index in [0.717, 1.165) is 5.56 Å². The van der Waals surface area contributed by atoms with Crippen molar-refractivity contribution in [2.24, 2.45) is 0 Å². The molecule has 3 N–H and O–H groups in total. The van der Waals surface area contributed by atoms with Gasteiger partial charge >= 0.3 is 0 Å². The Morgan fingerprint density at radius 2 is 1.77 bits per heavy atom. The Morgan fingerprint density at radius 3 is 2.50 bits per heavy atom. The third kappa shape index (κ3) is 5.65. The summed E-state index contributed by atoms with van der Waals surface area (Å²) in [5, 5.41) is 25.9. The summed E-state index contributed by atoms with van der Waals surface area (Å²) in [6.45, 7) is 3.90. The van der Waals surface area contributed by atoms with E-state index in [0.29, 0.717) is 39.6 Å². The fraction of sp³-hybridized carbons (Fsp3) is 0.226. The van der Waals surface area contributed by atoms with Gasteiger partial charge in [-0.1, -0.05) is 36.4 Å². The lowest BCUT2D eigenvalue weighted by Crippen LogP contribution is -2.25. The fourth-order valence-corrected chi connectivity index (χ4v) is 4.95. The summed E-state index contributed by atoms with van der Waals surface area (Å²) in [6.07, 6.45) is 3.26. The van der Waals surface area contributed by atoms with Crippen molar-refractivity contribution in [2.45, 2.75) is 32.7 Å². The van der Waals surface area contributed by atoms with Crippen LogP contribution in [0.5, 0.6) is 0 Å². The van der Waals surface area contributed by atoms with E-state index in [-0.39, 0.29) is 36.7 Å². The van der Waals surface area contributed by atoms with Gasteiger partial charge in [-0.05, 0) is 43.7 Å². The normalized spacial score (nSPS) is 12.1. The highest BCUT2D eigenvalue weighted by Gasteiger charge is 2.21. The minimum Gasteiger partial charge on any atom is -0.414 e. The first-order chi connectivity index (χ1) is 21.5. The van der Waals surface area contributed by atoms with Gasteiger partial charge in [0.05, 0.1) is 29.3 Å². The molecule has 13 nitrogen and oxygen atoms in total. The number of aliphatic hydroxyl groups excluding tert-OH is 1. The number of ether oxygens (including phenoxy) is 1. The van der Waals surface area contributed by atoms with Crippen LogP contribution in [-0.4, -0.2) is 53.3 Å². The van der Waals surface area contributed by atoms with E-state index in [1.807, 2.05) is 54.9 Å². The van der Waals surface area contributed by atoms with Crippen LogP contribution in [0.15, 0.2) is 88.3 Å². The zero-order valence-corrected chi connectivity index (χ0v) is 24.4. The topological polar surface area (TPSA) is 158 Å². The lowest BCUT2D eigenvalue weighted by molar-refractivity contribution is 0.103. The van der Waals surface area contributed by atoms with Crippen LogP contribution in [0.1, 0.15) is 31.5 Å². The van der Waals surface area contributed by atoms with Gasteiger partial charge in [0.25, 0.3) is 17.3 Å². The quantitative estimate of drug-likeness (QED) is 0.190. The van der Waals surface area contributed by atoms with Crippen molar-refractivity contribution < 1.29 is 14.3 Å². The SMILES string of the molecule is COCn1c(=O)c2ccc(Nc3cc(N[C@H](CO)c4ccccc4)c(-c4nnc(-c5ccccn5)o4)cn3)nc2n1C(C)C. The summed E-state index contributed by atoms with van der Waals surface area (Å²) in [6, 6.07) is 19.8. The number of pyridine rings is 3. The highest BCUT2D eigenvalue weighted by Crippen LogP contribution is 2.33. The van der Waals surface area contributed by atoms with Crippen molar-refractivity contribution in [1.29, 1.82) is 0 Å². The lowest BCUT2D eigenvalue weighted by atomic mass is 10.1. The summed E-state index contributed by atoms with van der Waals surface area (Å²) in [7, 11) is 1.54. The van der Waals surface area contributed by atoms with Crippen molar-refractivity contribution in [3.63, 3.8) is 0 Å². The van der Waals surface area contributed by atoms with Gasteiger partial charge in [-0.25, -0.2) is 14.6 Å². The second kappa shape index (κ2) is 12.5. The fourth-order valence-electron chi connectivity index (χ4n) is 4.95. The molecule has 0 aliphatic rings. The molecule has 0 saturated carbocycles. The maximum atomic E-state index is 13.0. The van der Waals surface area contributed by atoms with Crippen LogP contribution in [0.4, 0.5) is 17.3 Å². The van der Waals surface area contributed by atoms with Crippen LogP contribution in [0.25, 0.3) is 34.1 Å². The van der Waals surface area contributed by atoms with Crippen molar-refractivity contribution in [1.82, 2.24) is 34.5 Å². The van der Waals surface area contributed by atoms with E-state index < -0.39 is 6.04 Å². The highest BCUT2D eigenvalue weighted by atomic mass is 16.5. The number of benzene rings is 1. The van der Waals surface area contributed by atoms with Gasteiger partial charge in [0.2, 0.25) is 0 Å². The molecule has 0 spiro atoms. The number of aromatic nitrogens is 7. The number of aliphatic hydroxyl groups is 1. The third-order valence-corrected chi connectivity index (χ3v) is 6.97. The molecule has 0 saturated heterocycles. The van der Waals surface area contributed by atoms with E-state index in [2.05, 4.69) is 30.8 Å². The predicted octanol–water partition coefficient (Wildman–Crippen LogP) is 4.78. The number of nitrogens with zero attached hydrogens (tertiary/aromatic N) is 7. The molecule has 0 bridgehead atoms.